The van der Waals surface area contributed by atoms with Crippen molar-refractivity contribution in [2.24, 2.45) is 0 Å². The normalized spacial score (nSPS) is 20.5. The Hall–Kier alpha value is -0.460. The molecule has 0 aliphatic carbocycles. The molecule has 1 aliphatic rings. The van der Waals surface area contributed by atoms with Crippen LogP contribution in [0.25, 0.3) is 0 Å². The second kappa shape index (κ2) is 8.86. The molecule has 2 heterocycles. The van der Waals surface area contributed by atoms with Crippen LogP contribution in [0.15, 0.2) is 16.8 Å². The van der Waals surface area contributed by atoms with E-state index in [9.17, 15) is 5.11 Å². The van der Waals surface area contributed by atoms with Gasteiger partial charge in [0, 0.05) is 26.2 Å². The lowest BCUT2D eigenvalue weighted by Gasteiger charge is -2.27. The predicted octanol–water partition coefficient (Wildman–Crippen LogP) is 2.52. The first-order valence-electron chi connectivity index (χ1n) is 7.78. The van der Waals surface area contributed by atoms with Crippen LogP contribution in [0.3, 0.4) is 0 Å². The Morgan fingerprint density at radius 3 is 3.00 bits per heavy atom. The van der Waals surface area contributed by atoms with Crippen molar-refractivity contribution in [1.82, 2.24) is 4.90 Å². The van der Waals surface area contributed by atoms with E-state index in [1.165, 1.54) is 5.56 Å². The van der Waals surface area contributed by atoms with Gasteiger partial charge < -0.3 is 14.6 Å². The van der Waals surface area contributed by atoms with Crippen molar-refractivity contribution in [3.05, 3.63) is 22.4 Å². The van der Waals surface area contributed by atoms with Crippen molar-refractivity contribution < 1.29 is 14.6 Å². The van der Waals surface area contributed by atoms with Crippen LogP contribution < -0.4 is 0 Å². The highest BCUT2D eigenvalue weighted by Crippen LogP contribution is 2.16. The molecule has 0 spiro atoms. The van der Waals surface area contributed by atoms with Gasteiger partial charge in [0.2, 0.25) is 0 Å². The van der Waals surface area contributed by atoms with Crippen molar-refractivity contribution in [3.63, 3.8) is 0 Å². The van der Waals surface area contributed by atoms with Crippen LogP contribution in [0, 0.1) is 0 Å². The first-order valence-corrected chi connectivity index (χ1v) is 8.72. The van der Waals surface area contributed by atoms with Crippen molar-refractivity contribution >= 4 is 11.3 Å². The molecule has 1 aromatic heterocycles. The maximum Gasteiger partial charge on any atom is 0.0900 e. The minimum atomic E-state index is -0.451. The van der Waals surface area contributed by atoms with Crippen LogP contribution in [0.1, 0.15) is 32.3 Å². The fraction of sp³-hybridized carbons (Fsp3) is 0.750. The summed E-state index contributed by atoms with van der Waals surface area (Å²) in [6, 6.07) is 2.14. The minimum Gasteiger partial charge on any atom is -0.389 e. The van der Waals surface area contributed by atoms with Gasteiger partial charge in [-0.2, -0.15) is 11.3 Å². The molecule has 2 atom stereocenters. The molecule has 5 heteroatoms. The van der Waals surface area contributed by atoms with Crippen LogP contribution in [0.4, 0.5) is 0 Å². The molecule has 0 bridgehead atoms. The number of thiophene rings is 1. The van der Waals surface area contributed by atoms with Crippen molar-refractivity contribution in [2.45, 2.75) is 51.5 Å². The van der Waals surface area contributed by atoms with E-state index in [1.54, 1.807) is 11.3 Å². The van der Waals surface area contributed by atoms with Gasteiger partial charge in [0.25, 0.3) is 0 Å². The van der Waals surface area contributed by atoms with E-state index >= 15 is 0 Å². The second-order valence-electron chi connectivity index (χ2n) is 6.00. The van der Waals surface area contributed by atoms with Crippen LogP contribution in [-0.2, 0) is 16.0 Å². The number of nitrogens with zero attached hydrogens (tertiary/aromatic N) is 1. The summed E-state index contributed by atoms with van der Waals surface area (Å²) in [5.74, 6) is 0. The molecule has 0 radical (unpaired) electrons. The van der Waals surface area contributed by atoms with Crippen molar-refractivity contribution in [3.8, 4) is 0 Å². The number of ether oxygens (including phenoxy) is 2. The molecule has 1 saturated heterocycles. The van der Waals surface area contributed by atoms with Gasteiger partial charge in [-0.25, -0.2) is 0 Å². The molecule has 0 amide bonds. The zero-order chi connectivity index (χ0) is 15.1. The number of aliphatic hydroxyl groups is 1. The van der Waals surface area contributed by atoms with E-state index in [4.69, 9.17) is 9.47 Å². The smallest absolute Gasteiger partial charge is 0.0900 e. The highest BCUT2D eigenvalue weighted by Gasteiger charge is 2.21. The van der Waals surface area contributed by atoms with Gasteiger partial charge in [0.15, 0.2) is 0 Å². The third-order valence-corrected chi connectivity index (χ3v) is 4.30. The van der Waals surface area contributed by atoms with Gasteiger partial charge >= 0.3 is 0 Å². The summed E-state index contributed by atoms with van der Waals surface area (Å²) >= 11 is 1.71. The van der Waals surface area contributed by atoms with E-state index in [-0.39, 0.29) is 6.10 Å². The third kappa shape index (κ3) is 6.45. The maximum absolute atomic E-state index is 10.2. The zero-order valence-electron chi connectivity index (χ0n) is 13.0. The molecule has 1 aromatic rings. The summed E-state index contributed by atoms with van der Waals surface area (Å²) in [5.41, 5.74) is 1.30. The van der Waals surface area contributed by atoms with Gasteiger partial charge in [-0.15, -0.1) is 0 Å². The molecule has 2 rings (SSSR count). The Kier molecular flexibility index (Phi) is 7.13. The quantitative estimate of drug-likeness (QED) is 0.761. The Labute approximate surface area is 131 Å². The van der Waals surface area contributed by atoms with E-state index in [0.717, 1.165) is 32.5 Å². The third-order valence-electron chi connectivity index (χ3n) is 3.56. The van der Waals surface area contributed by atoms with E-state index in [1.807, 2.05) is 13.8 Å². The molecule has 1 aliphatic heterocycles. The number of rotatable bonds is 9. The number of hydrogen-bond acceptors (Lipinski definition) is 5. The van der Waals surface area contributed by atoms with E-state index in [2.05, 4.69) is 21.7 Å². The van der Waals surface area contributed by atoms with Crippen LogP contribution in [-0.4, -0.2) is 54.6 Å². The van der Waals surface area contributed by atoms with Crippen LogP contribution in [0.5, 0.6) is 0 Å². The number of aliphatic hydroxyl groups excluding tert-OH is 1. The summed E-state index contributed by atoms with van der Waals surface area (Å²) in [6.07, 6.45) is 2.28. The molecular formula is C16H27NO3S. The maximum atomic E-state index is 10.2. The monoisotopic (exact) mass is 313 g/mol. The SMILES string of the molecule is CC(C)OCC(O)CN(Cc1ccsc1)CC1CCCO1. The lowest BCUT2D eigenvalue weighted by molar-refractivity contribution is -0.0171. The van der Waals surface area contributed by atoms with E-state index in [0.29, 0.717) is 19.3 Å². The minimum absolute atomic E-state index is 0.156. The molecule has 0 aromatic carbocycles. The van der Waals surface area contributed by atoms with Gasteiger partial charge in [-0.3, -0.25) is 4.90 Å². The van der Waals surface area contributed by atoms with Gasteiger partial charge in [-0.05, 0) is 49.1 Å². The summed E-state index contributed by atoms with van der Waals surface area (Å²) in [5, 5.41) is 14.4. The van der Waals surface area contributed by atoms with Gasteiger partial charge in [0.05, 0.1) is 24.9 Å². The highest BCUT2D eigenvalue weighted by atomic mass is 32.1. The fourth-order valence-electron chi connectivity index (χ4n) is 2.58. The van der Waals surface area contributed by atoms with E-state index < -0.39 is 6.10 Å². The summed E-state index contributed by atoms with van der Waals surface area (Å²) in [6.45, 7) is 7.61. The lowest BCUT2D eigenvalue weighted by Crippen LogP contribution is -2.39. The summed E-state index contributed by atoms with van der Waals surface area (Å²) in [4.78, 5) is 2.28. The summed E-state index contributed by atoms with van der Waals surface area (Å²) < 4.78 is 11.2. The van der Waals surface area contributed by atoms with Crippen molar-refractivity contribution in [2.75, 3.05) is 26.3 Å². The highest BCUT2D eigenvalue weighted by molar-refractivity contribution is 7.07. The first-order chi connectivity index (χ1) is 10.1. The topological polar surface area (TPSA) is 41.9 Å². The molecule has 0 saturated carbocycles. The van der Waals surface area contributed by atoms with Crippen LogP contribution in [0.2, 0.25) is 0 Å². The molecule has 21 heavy (non-hydrogen) atoms. The Bertz CT molecular complexity index is 377. The Morgan fingerprint density at radius 1 is 1.52 bits per heavy atom. The molecule has 1 fully saturated rings. The summed E-state index contributed by atoms with van der Waals surface area (Å²) in [7, 11) is 0. The van der Waals surface area contributed by atoms with Gasteiger partial charge in [0.1, 0.15) is 0 Å². The molecule has 120 valence electrons. The first kappa shape index (κ1) is 16.9. The average Bonchev–Trinajstić information content (AvgIpc) is 3.10. The lowest BCUT2D eigenvalue weighted by atomic mass is 10.2. The number of hydrogen-bond donors (Lipinski definition) is 1. The zero-order valence-corrected chi connectivity index (χ0v) is 13.8. The standard InChI is InChI=1S/C16H27NO3S/c1-13(2)20-11-15(18)9-17(8-14-5-7-21-12-14)10-16-4-3-6-19-16/h5,7,12-13,15-16,18H,3-4,6,8-11H2,1-2H3. The predicted molar refractivity (Wildman–Crippen MR) is 85.7 cm³/mol. The largest absolute Gasteiger partial charge is 0.389 e. The van der Waals surface area contributed by atoms with Crippen LogP contribution >= 0.6 is 11.3 Å². The Morgan fingerprint density at radius 2 is 2.38 bits per heavy atom. The molecule has 2 unspecified atom stereocenters. The van der Waals surface area contributed by atoms with Gasteiger partial charge in [-0.1, -0.05) is 0 Å². The average molecular weight is 313 g/mol. The molecule has 4 nitrogen and oxygen atoms in total. The molecular weight excluding hydrogens is 286 g/mol. The Balaban J connectivity index is 1.84. The fourth-order valence-corrected chi connectivity index (χ4v) is 3.23. The van der Waals surface area contributed by atoms with Crippen molar-refractivity contribution in [1.29, 1.82) is 0 Å². The second-order valence-corrected chi connectivity index (χ2v) is 6.78. The molecule has 1 N–H and O–H groups in total.